The van der Waals surface area contributed by atoms with Crippen molar-refractivity contribution in [2.75, 3.05) is 29.1 Å². The predicted octanol–water partition coefficient (Wildman–Crippen LogP) is 1.60. The minimum absolute atomic E-state index is 0.0211. The second-order valence-corrected chi connectivity index (χ2v) is 8.12. The monoisotopic (exact) mass is 370 g/mol. The highest BCUT2D eigenvalue weighted by atomic mass is 32.2. The van der Waals surface area contributed by atoms with Crippen LogP contribution in [-0.4, -0.2) is 52.7 Å². The van der Waals surface area contributed by atoms with Gasteiger partial charge in [0, 0.05) is 23.4 Å². The highest BCUT2D eigenvalue weighted by Crippen LogP contribution is 2.21. The molecular formula is C15H22N4O3S2. The van der Waals surface area contributed by atoms with Gasteiger partial charge in [0.25, 0.3) is 0 Å². The SMILES string of the molecule is CCS(=O)(=O)Nc1ccc(-c2nc(CCSC)nn2CCO)cc1. The Morgan fingerprint density at radius 2 is 2.00 bits per heavy atom. The molecule has 1 heterocycles. The lowest BCUT2D eigenvalue weighted by atomic mass is 10.2. The first-order valence-corrected chi connectivity index (χ1v) is 10.7. The molecule has 0 radical (unpaired) electrons. The van der Waals surface area contributed by atoms with E-state index in [9.17, 15) is 13.5 Å². The number of aliphatic hydroxyl groups is 1. The fourth-order valence-corrected chi connectivity index (χ4v) is 3.12. The smallest absolute Gasteiger partial charge is 0.232 e. The largest absolute Gasteiger partial charge is 0.394 e. The first kappa shape index (κ1) is 18.8. The van der Waals surface area contributed by atoms with Gasteiger partial charge >= 0.3 is 0 Å². The first-order chi connectivity index (χ1) is 11.5. The van der Waals surface area contributed by atoms with Gasteiger partial charge in [-0.1, -0.05) is 0 Å². The van der Waals surface area contributed by atoms with Crippen LogP contribution >= 0.6 is 11.8 Å². The maximum absolute atomic E-state index is 11.6. The van der Waals surface area contributed by atoms with Crippen LogP contribution in [0.1, 0.15) is 12.7 Å². The number of nitrogens with one attached hydrogen (secondary N) is 1. The van der Waals surface area contributed by atoms with Gasteiger partial charge in [-0.3, -0.25) is 4.72 Å². The number of nitrogens with zero attached hydrogens (tertiary/aromatic N) is 3. The second kappa shape index (κ2) is 8.50. The molecule has 7 nitrogen and oxygen atoms in total. The molecule has 0 aliphatic heterocycles. The van der Waals surface area contributed by atoms with Crippen LogP contribution in [0.3, 0.4) is 0 Å². The van der Waals surface area contributed by atoms with Crippen LogP contribution in [0.25, 0.3) is 11.4 Å². The van der Waals surface area contributed by atoms with Crippen LogP contribution in [0.5, 0.6) is 0 Å². The summed E-state index contributed by atoms with van der Waals surface area (Å²) in [7, 11) is -3.29. The van der Waals surface area contributed by atoms with E-state index in [2.05, 4.69) is 14.8 Å². The lowest BCUT2D eigenvalue weighted by Gasteiger charge is -2.07. The maximum Gasteiger partial charge on any atom is 0.232 e. The van der Waals surface area contributed by atoms with Gasteiger partial charge in [-0.05, 0) is 37.4 Å². The van der Waals surface area contributed by atoms with Gasteiger partial charge in [-0.15, -0.1) is 0 Å². The van der Waals surface area contributed by atoms with E-state index in [4.69, 9.17) is 0 Å². The summed E-state index contributed by atoms with van der Waals surface area (Å²) in [5.74, 6) is 2.37. The number of hydrogen-bond acceptors (Lipinski definition) is 6. The number of thioether (sulfide) groups is 1. The quantitative estimate of drug-likeness (QED) is 0.696. The number of sulfonamides is 1. The van der Waals surface area contributed by atoms with Crippen molar-refractivity contribution in [1.29, 1.82) is 0 Å². The van der Waals surface area contributed by atoms with Gasteiger partial charge < -0.3 is 5.11 Å². The van der Waals surface area contributed by atoms with Crippen molar-refractivity contribution >= 4 is 27.5 Å². The highest BCUT2D eigenvalue weighted by Gasteiger charge is 2.12. The summed E-state index contributed by atoms with van der Waals surface area (Å²) in [6.07, 6.45) is 2.79. The second-order valence-electron chi connectivity index (χ2n) is 5.12. The number of anilines is 1. The van der Waals surface area contributed by atoms with E-state index in [1.165, 1.54) is 0 Å². The van der Waals surface area contributed by atoms with E-state index in [-0.39, 0.29) is 12.4 Å². The molecule has 0 amide bonds. The Balaban J connectivity index is 2.25. The predicted molar refractivity (Wildman–Crippen MR) is 97.7 cm³/mol. The Bertz CT molecular complexity index is 758. The molecule has 0 fully saturated rings. The Labute approximate surface area is 146 Å². The summed E-state index contributed by atoms with van der Waals surface area (Å²) in [5.41, 5.74) is 1.34. The number of aryl methyl sites for hydroxylation is 1. The molecule has 24 heavy (non-hydrogen) atoms. The van der Waals surface area contributed by atoms with Crippen LogP contribution in [0.15, 0.2) is 24.3 Å². The number of aliphatic hydroxyl groups excluding tert-OH is 1. The Morgan fingerprint density at radius 1 is 1.29 bits per heavy atom. The van der Waals surface area contributed by atoms with Crippen LogP contribution in [0.4, 0.5) is 5.69 Å². The van der Waals surface area contributed by atoms with Crippen molar-refractivity contribution in [3.63, 3.8) is 0 Å². The van der Waals surface area contributed by atoms with Crippen molar-refractivity contribution in [2.45, 2.75) is 19.9 Å². The Kier molecular flexibility index (Phi) is 6.64. The third-order valence-electron chi connectivity index (χ3n) is 3.35. The lowest BCUT2D eigenvalue weighted by Crippen LogP contribution is -2.14. The summed E-state index contributed by atoms with van der Waals surface area (Å²) >= 11 is 1.73. The topological polar surface area (TPSA) is 97.1 Å². The zero-order chi connectivity index (χ0) is 17.6. The van der Waals surface area contributed by atoms with Gasteiger partial charge in [-0.25, -0.2) is 18.1 Å². The fourth-order valence-electron chi connectivity index (χ4n) is 2.09. The van der Waals surface area contributed by atoms with Gasteiger partial charge in [0.2, 0.25) is 10.0 Å². The average molecular weight is 371 g/mol. The van der Waals surface area contributed by atoms with Crippen LogP contribution in [-0.2, 0) is 23.0 Å². The van der Waals surface area contributed by atoms with Crippen LogP contribution in [0.2, 0.25) is 0 Å². The molecule has 0 aliphatic carbocycles. The summed E-state index contributed by atoms with van der Waals surface area (Å²) in [6.45, 7) is 1.93. The average Bonchev–Trinajstić information content (AvgIpc) is 2.96. The summed E-state index contributed by atoms with van der Waals surface area (Å²) in [6, 6.07) is 6.98. The van der Waals surface area contributed by atoms with Gasteiger partial charge in [0.1, 0.15) is 0 Å². The van der Waals surface area contributed by atoms with E-state index in [1.54, 1.807) is 47.6 Å². The molecule has 0 bridgehead atoms. The van der Waals surface area contributed by atoms with Crippen molar-refractivity contribution in [2.24, 2.45) is 0 Å². The molecule has 0 unspecified atom stereocenters. The highest BCUT2D eigenvalue weighted by molar-refractivity contribution is 7.98. The summed E-state index contributed by atoms with van der Waals surface area (Å²) in [4.78, 5) is 4.55. The molecule has 0 aliphatic rings. The number of benzene rings is 1. The third-order valence-corrected chi connectivity index (χ3v) is 5.27. The summed E-state index contributed by atoms with van der Waals surface area (Å²) in [5, 5.41) is 13.6. The molecule has 0 saturated heterocycles. The molecule has 9 heteroatoms. The van der Waals surface area contributed by atoms with Crippen molar-refractivity contribution in [3.05, 3.63) is 30.1 Å². The summed E-state index contributed by atoms with van der Waals surface area (Å²) < 4.78 is 27.4. The molecule has 0 saturated carbocycles. The number of aromatic nitrogens is 3. The van der Waals surface area contributed by atoms with Gasteiger partial charge in [0.05, 0.1) is 18.9 Å². The van der Waals surface area contributed by atoms with Gasteiger partial charge in [0.15, 0.2) is 11.6 Å². The van der Waals surface area contributed by atoms with E-state index >= 15 is 0 Å². The fraction of sp³-hybridized carbons (Fsp3) is 0.467. The minimum atomic E-state index is -3.29. The Morgan fingerprint density at radius 3 is 2.58 bits per heavy atom. The standard InChI is InChI=1S/C15H22N4O3S2/c1-3-24(21,22)18-13-6-4-12(5-7-13)15-16-14(8-11-23-2)17-19(15)9-10-20/h4-7,18,20H,3,8-11H2,1-2H3. The molecule has 1 aromatic heterocycles. The maximum atomic E-state index is 11.6. The number of rotatable bonds is 9. The van der Waals surface area contributed by atoms with Crippen molar-refractivity contribution in [3.8, 4) is 11.4 Å². The first-order valence-electron chi connectivity index (χ1n) is 7.63. The zero-order valence-corrected chi connectivity index (χ0v) is 15.4. The normalized spacial score (nSPS) is 11.6. The molecule has 0 atom stereocenters. The Hall–Kier alpha value is -1.58. The minimum Gasteiger partial charge on any atom is -0.394 e. The molecular weight excluding hydrogens is 348 g/mol. The van der Waals surface area contributed by atoms with Crippen molar-refractivity contribution in [1.82, 2.24) is 14.8 Å². The van der Waals surface area contributed by atoms with E-state index < -0.39 is 10.0 Å². The molecule has 132 valence electrons. The lowest BCUT2D eigenvalue weighted by molar-refractivity contribution is 0.270. The van der Waals surface area contributed by atoms with Crippen LogP contribution < -0.4 is 4.72 Å². The van der Waals surface area contributed by atoms with Crippen molar-refractivity contribution < 1.29 is 13.5 Å². The van der Waals surface area contributed by atoms with E-state index in [0.717, 1.165) is 23.6 Å². The number of hydrogen-bond donors (Lipinski definition) is 2. The third kappa shape index (κ3) is 4.96. The molecule has 2 aromatic rings. The zero-order valence-electron chi connectivity index (χ0n) is 13.8. The molecule has 2 rings (SSSR count). The molecule has 1 aromatic carbocycles. The molecule has 0 spiro atoms. The van der Waals surface area contributed by atoms with Gasteiger partial charge in [-0.2, -0.15) is 16.9 Å². The molecule has 2 N–H and O–H groups in total. The van der Waals surface area contributed by atoms with E-state index in [1.807, 2.05) is 6.26 Å². The van der Waals surface area contributed by atoms with E-state index in [0.29, 0.717) is 18.1 Å². The van der Waals surface area contributed by atoms with Crippen LogP contribution in [0, 0.1) is 0 Å².